The predicted molar refractivity (Wildman–Crippen MR) is 167 cm³/mol. The number of hydrogen-bond donors (Lipinski definition) is 0. The first-order valence-electron chi connectivity index (χ1n) is 13.5. The Morgan fingerprint density at radius 2 is 1.11 bits per heavy atom. The monoisotopic (exact) mass is 502 g/mol. The number of rotatable bonds is 0. The number of fused-ring (bicyclic) bond motifs is 5. The lowest BCUT2D eigenvalue weighted by atomic mass is 9.97. The molecule has 0 atom stereocenters. The molecule has 2 aliphatic carbocycles. The minimum Gasteiger partial charge on any atom is -0.177 e. The Morgan fingerprint density at radius 1 is 0.649 bits per heavy atom. The molecule has 0 heterocycles. The fourth-order valence-electron chi connectivity index (χ4n) is 6.33. The molecule has 0 nitrogen and oxygen atoms in total. The van der Waals surface area contributed by atoms with Crippen molar-refractivity contribution >= 4 is 43.5 Å². The lowest BCUT2D eigenvalue weighted by Crippen LogP contribution is -2.29. The number of benzene rings is 3. The van der Waals surface area contributed by atoms with Gasteiger partial charge in [0.1, 0.15) is 0 Å². The van der Waals surface area contributed by atoms with Crippen LogP contribution < -0.4 is 10.4 Å². The SMILES string of the molecule is CC#CC1=c2cc3ccccc3cc2=C(C#S(C(C)C)(C(C)C)C(C)C)C2=Cc3ccccc3C=C1C2. The van der Waals surface area contributed by atoms with Crippen molar-refractivity contribution in [1.29, 1.82) is 0 Å². The Balaban J connectivity index is 2.12. The third-order valence-electron chi connectivity index (χ3n) is 7.97. The van der Waals surface area contributed by atoms with Gasteiger partial charge >= 0.3 is 0 Å². The molecule has 0 radical (unpaired) electrons. The van der Waals surface area contributed by atoms with E-state index in [-0.39, 0.29) is 0 Å². The van der Waals surface area contributed by atoms with Crippen LogP contribution >= 0.6 is 9.44 Å². The van der Waals surface area contributed by atoms with Crippen molar-refractivity contribution in [2.24, 2.45) is 0 Å². The van der Waals surface area contributed by atoms with E-state index in [1.165, 1.54) is 49.1 Å². The van der Waals surface area contributed by atoms with E-state index in [2.05, 4.69) is 131 Å². The molecular formula is C36H38S. The maximum absolute atomic E-state index is 4.35. The summed E-state index contributed by atoms with van der Waals surface area (Å²) in [5.41, 5.74) is 7.66. The highest BCUT2D eigenvalue weighted by Gasteiger charge is 2.27. The van der Waals surface area contributed by atoms with Gasteiger partial charge in [0.2, 0.25) is 0 Å². The lowest BCUT2D eigenvalue weighted by Gasteiger charge is -2.37. The molecule has 0 saturated heterocycles. The Morgan fingerprint density at radius 3 is 1.59 bits per heavy atom. The Kier molecular flexibility index (Phi) is 6.85. The predicted octanol–water partition coefficient (Wildman–Crippen LogP) is 8.04. The molecule has 2 aliphatic rings. The molecule has 0 saturated carbocycles. The standard InChI is InChI=1S/C36H38S/c1-8-13-33-31-18-27-14-9-10-15-28(27)19-32(20-31)36(23-37(24(2)3,25(4)5)26(6)7)35-22-30-17-12-11-16-29(30)21-34(33)35/h9-12,14-19,21-22,24-26H,20H2,1-7H3. The molecule has 3 aromatic carbocycles. The first kappa shape index (κ1) is 25.5. The van der Waals surface area contributed by atoms with Gasteiger partial charge < -0.3 is 0 Å². The van der Waals surface area contributed by atoms with E-state index in [1.807, 2.05) is 6.92 Å². The zero-order valence-electron chi connectivity index (χ0n) is 23.3. The quantitative estimate of drug-likeness (QED) is 0.273. The molecule has 3 aromatic rings. The highest BCUT2D eigenvalue weighted by molar-refractivity contribution is 8.25. The second-order valence-corrected chi connectivity index (χ2v) is 15.6. The molecule has 0 aliphatic heterocycles. The summed E-state index contributed by atoms with van der Waals surface area (Å²) in [6.45, 7) is 16.4. The topological polar surface area (TPSA) is 0 Å². The molecular weight excluding hydrogens is 464 g/mol. The van der Waals surface area contributed by atoms with Crippen LogP contribution in [0.2, 0.25) is 0 Å². The Bertz CT molecular complexity index is 1740. The first-order chi connectivity index (χ1) is 17.8. The summed E-state index contributed by atoms with van der Waals surface area (Å²) in [6, 6.07) is 22.3. The Hall–Kier alpha value is -3.17. The van der Waals surface area contributed by atoms with Gasteiger partial charge in [0.15, 0.2) is 0 Å². The van der Waals surface area contributed by atoms with Crippen LogP contribution in [-0.4, -0.2) is 15.7 Å². The zero-order valence-corrected chi connectivity index (χ0v) is 24.1. The molecule has 0 spiro atoms. The highest BCUT2D eigenvalue weighted by Crippen LogP contribution is 2.49. The second kappa shape index (κ2) is 9.95. The van der Waals surface area contributed by atoms with Crippen molar-refractivity contribution < 1.29 is 0 Å². The maximum atomic E-state index is 4.35. The van der Waals surface area contributed by atoms with E-state index < -0.39 is 9.44 Å². The number of allylic oxidation sites excluding steroid dienone is 2. The van der Waals surface area contributed by atoms with Gasteiger partial charge in [-0.1, -0.05) is 101 Å². The van der Waals surface area contributed by atoms with Crippen LogP contribution in [0.1, 0.15) is 66.0 Å². The third kappa shape index (κ3) is 4.34. The second-order valence-electron chi connectivity index (χ2n) is 11.0. The fraction of sp³-hybridized carbons (Fsp3) is 0.306. The van der Waals surface area contributed by atoms with Gasteiger partial charge in [-0.15, -0.1) is 5.92 Å². The van der Waals surface area contributed by atoms with Crippen molar-refractivity contribution in [3.63, 3.8) is 0 Å². The molecule has 0 amide bonds. The Labute approximate surface area is 224 Å². The van der Waals surface area contributed by atoms with E-state index in [1.54, 1.807) is 0 Å². The molecule has 1 heteroatoms. The minimum atomic E-state index is -1.21. The van der Waals surface area contributed by atoms with E-state index in [0.29, 0.717) is 15.7 Å². The summed E-state index contributed by atoms with van der Waals surface area (Å²) in [4.78, 5) is 0. The average Bonchev–Trinajstić information content (AvgIpc) is 3.11. The maximum Gasteiger partial charge on any atom is 0.0359 e. The van der Waals surface area contributed by atoms with Crippen molar-refractivity contribution in [2.75, 3.05) is 0 Å². The van der Waals surface area contributed by atoms with Crippen LogP contribution in [-0.2, 0) is 0 Å². The van der Waals surface area contributed by atoms with Crippen LogP contribution in [0.5, 0.6) is 0 Å². The fourth-order valence-corrected chi connectivity index (χ4v) is 10.9. The van der Waals surface area contributed by atoms with Crippen LogP contribution in [0.25, 0.3) is 34.1 Å². The van der Waals surface area contributed by atoms with Gasteiger partial charge in [0.25, 0.3) is 0 Å². The normalized spacial score (nSPS) is 14.9. The molecule has 0 unspecified atom stereocenters. The van der Waals surface area contributed by atoms with Gasteiger partial charge in [0.05, 0.1) is 0 Å². The van der Waals surface area contributed by atoms with E-state index in [0.717, 1.165) is 12.0 Å². The molecule has 188 valence electrons. The smallest absolute Gasteiger partial charge is 0.0359 e. The first-order valence-corrected chi connectivity index (χ1v) is 15.4. The molecule has 5 rings (SSSR count). The van der Waals surface area contributed by atoms with Crippen LogP contribution in [0.4, 0.5) is 0 Å². The average molecular weight is 503 g/mol. The van der Waals surface area contributed by atoms with Crippen molar-refractivity contribution in [3.8, 4) is 17.0 Å². The van der Waals surface area contributed by atoms with Crippen molar-refractivity contribution in [1.82, 2.24) is 0 Å². The largest absolute Gasteiger partial charge is 0.177 e. The molecule has 2 bridgehead atoms. The lowest BCUT2D eigenvalue weighted by molar-refractivity contribution is 0.968. The van der Waals surface area contributed by atoms with Gasteiger partial charge in [-0.05, 0) is 96.9 Å². The number of hydrogen-bond acceptors (Lipinski definition) is 0. The van der Waals surface area contributed by atoms with Crippen LogP contribution in [0.15, 0.2) is 71.8 Å². The van der Waals surface area contributed by atoms with Gasteiger partial charge in [0, 0.05) is 11.1 Å². The van der Waals surface area contributed by atoms with Crippen molar-refractivity contribution in [2.45, 2.75) is 70.6 Å². The van der Waals surface area contributed by atoms with Crippen LogP contribution in [0.3, 0.4) is 0 Å². The van der Waals surface area contributed by atoms with Gasteiger partial charge in [-0.2, -0.15) is 9.44 Å². The summed E-state index contributed by atoms with van der Waals surface area (Å²) in [5.74, 6) is 6.80. The minimum absolute atomic E-state index is 0.541. The molecule has 0 N–H and O–H groups in total. The summed E-state index contributed by atoms with van der Waals surface area (Å²) in [5, 5.41) is 11.0. The highest BCUT2D eigenvalue weighted by atomic mass is 32.2. The summed E-state index contributed by atoms with van der Waals surface area (Å²) < 4.78 is 0. The third-order valence-corrected chi connectivity index (χ3v) is 13.2. The van der Waals surface area contributed by atoms with E-state index in [9.17, 15) is 0 Å². The molecule has 0 fully saturated rings. The van der Waals surface area contributed by atoms with E-state index >= 15 is 0 Å². The summed E-state index contributed by atoms with van der Waals surface area (Å²) >= 11 is 0. The van der Waals surface area contributed by atoms with Crippen LogP contribution in [0, 0.1) is 17.0 Å². The molecule has 37 heavy (non-hydrogen) atoms. The summed E-state index contributed by atoms with van der Waals surface area (Å²) in [7, 11) is -1.21. The van der Waals surface area contributed by atoms with Gasteiger partial charge in [-0.25, -0.2) is 0 Å². The summed E-state index contributed by atoms with van der Waals surface area (Å²) in [6.07, 6.45) is 5.66. The van der Waals surface area contributed by atoms with Gasteiger partial charge in [-0.3, -0.25) is 0 Å². The van der Waals surface area contributed by atoms with E-state index in [4.69, 9.17) is 0 Å². The molecule has 0 aromatic heterocycles. The zero-order chi connectivity index (χ0) is 26.3. The van der Waals surface area contributed by atoms with Crippen molar-refractivity contribution in [3.05, 3.63) is 93.4 Å².